The second kappa shape index (κ2) is 8.90. The summed E-state index contributed by atoms with van der Waals surface area (Å²) < 4.78 is 5.79. The Morgan fingerprint density at radius 3 is 2.81 bits per heavy atom. The number of rotatable bonds is 5. The van der Waals surface area contributed by atoms with Crippen LogP contribution >= 0.6 is 11.8 Å². The molecular formula is C21H24N2O2S. The molecule has 1 heterocycles. The van der Waals surface area contributed by atoms with Crippen LogP contribution < -0.4 is 4.74 Å². The molecule has 26 heavy (non-hydrogen) atoms. The molecule has 3 rings (SSSR count). The van der Waals surface area contributed by atoms with E-state index in [1.54, 1.807) is 16.7 Å². The van der Waals surface area contributed by atoms with E-state index in [2.05, 4.69) is 4.99 Å². The van der Waals surface area contributed by atoms with Gasteiger partial charge < -0.3 is 4.74 Å². The highest BCUT2D eigenvalue weighted by atomic mass is 32.2. The first kappa shape index (κ1) is 18.5. The number of carbonyl (C=O) groups is 1. The fourth-order valence-electron chi connectivity index (χ4n) is 2.74. The average molecular weight is 369 g/mol. The molecule has 0 aromatic heterocycles. The van der Waals surface area contributed by atoms with Crippen molar-refractivity contribution in [1.82, 2.24) is 4.90 Å². The molecule has 2 aromatic rings. The number of hydrogen-bond donors (Lipinski definition) is 0. The molecule has 1 fully saturated rings. The van der Waals surface area contributed by atoms with Crippen LogP contribution in [0, 0.1) is 13.8 Å². The van der Waals surface area contributed by atoms with Crippen LogP contribution in [-0.2, 0) is 11.3 Å². The van der Waals surface area contributed by atoms with Crippen LogP contribution in [0.4, 0.5) is 0 Å². The molecule has 1 saturated heterocycles. The van der Waals surface area contributed by atoms with E-state index in [0.29, 0.717) is 13.1 Å². The maximum Gasteiger partial charge on any atom is 0.266 e. The minimum atomic E-state index is -0.0371. The Morgan fingerprint density at radius 1 is 1.19 bits per heavy atom. The van der Waals surface area contributed by atoms with Crippen LogP contribution in [0.3, 0.4) is 0 Å². The van der Waals surface area contributed by atoms with Gasteiger partial charge in [0.1, 0.15) is 5.75 Å². The molecule has 5 heteroatoms. The van der Waals surface area contributed by atoms with E-state index in [0.717, 1.165) is 39.8 Å². The average Bonchev–Trinajstić information content (AvgIpc) is 2.68. The van der Waals surface area contributed by atoms with Crippen molar-refractivity contribution < 1.29 is 9.53 Å². The summed E-state index contributed by atoms with van der Waals surface area (Å²) in [5.41, 5.74) is 3.30. The number of amidine groups is 1. The zero-order valence-electron chi connectivity index (χ0n) is 15.3. The van der Waals surface area contributed by atoms with E-state index in [-0.39, 0.29) is 12.5 Å². The van der Waals surface area contributed by atoms with Crippen molar-refractivity contribution >= 4 is 22.8 Å². The smallest absolute Gasteiger partial charge is 0.266 e. The molecule has 0 saturated carbocycles. The van der Waals surface area contributed by atoms with Crippen molar-refractivity contribution in [2.45, 2.75) is 26.8 Å². The lowest BCUT2D eigenvalue weighted by atomic mass is 10.1. The number of benzene rings is 2. The van der Waals surface area contributed by atoms with Crippen molar-refractivity contribution in [2.75, 3.05) is 18.9 Å². The highest BCUT2D eigenvalue weighted by Gasteiger charge is 2.24. The number of carbonyl (C=O) groups excluding carboxylic acids is 1. The molecule has 0 aliphatic carbocycles. The van der Waals surface area contributed by atoms with Gasteiger partial charge in [0, 0.05) is 12.3 Å². The summed E-state index contributed by atoms with van der Waals surface area (Å²) in [7, 11) is 0. The van der Waals surface area contributed by atoms with Gasteiger partial charge >= 0.3 is 0 Å². The van der Waals surface area contributed by atoms with Crippen LogP contribution in [0.1, 0.15) is 23.1 Å². The maximum atomic E-state index is 12.7. The molecule has 0 spiro atoms. The molecule has 136 valence electrons. The Morgan fingerprint density at radius 2 is 2.00 bits per heavy atom. The lowest BCUT2D eigenvalue weighted by Gasteiger charge is -2.28. The van der Waals surface area contributed by atoms with Gasteiger partial charge in [-0.15, -0.1) is 0 Å². The van der Waals surface area contributed by atoms with Gasteiger partial charge in [-0.1, -0.05) is 54.2 Å². The van der Waals surface area contributed by atoms with E-state index in [9.17, 15) is 4.79 Å². The third kappa shape index (κ3) is 4.88. The number of aliphatic imine (C=N–C) groups is 1. The Kier molecular flexibility index (Phi) is 6.34. The van der Waals surface area contributed by atoms with E-state index in [1.807, 2.05) is 62.4 Å². The predicted octanol–water partition coefficient (Wildman–Crippen LogP) is 4.20. The number of nitrogens with zero attached hydrogens (tertiary/aromatic N) is 2. The monoisotopic (exact) mass is 368 g/mol. The molecule has 0 N–H and O–H groups in total. The molecule has 4 nitrogen and oxygen atoms in total. The first-order chi connectivity index (χ1) is 12.6. The van der Waals surface area contributed by atoms with Crippen LogP contribution in [-0.4, -0.2) is 34.9 Å². The molecule has 0 unspecified atom stereocenters. The molecule has 1 aliphatic rings. The predicted molar refractivity (Wildman–Crippen MR) is 108 cm³/mol. The fourth-order valence-corrected chi connectivity index (χ4v) is 3.71. The van der Waals surface area contributed by atoms with Crippen LogP contribution in [0.5, 0.6) is 5.75 Å². The summed E-state index contributed by atoms with van der Waals surface area (Å²) in [6, 6.07) is 16.1. The molecule has 0 atom stereocenters. The van der Waals surface area contributed by atoms with Gasteiger partial charge in [0.15, 0.2) is 11.8 Å². The fraction of sp³-hybridized carbons (Fsp3) is 0.333. The first-order valence-electron chi connectivity index (χ1n) is 8.85. The molecule has 1 amide bonds. The standard InChI is InChI=1S/C21H24N2O2S/c1-16-9-10-17(2)19(13-16)25-15-20(24)23-11-6-12-26-21(23)22-14-18-7-4-3-5-8-18/h3-5,7-10,13H,6,11-12,14-15H2,1-2H3. The van der Waals surface area contributed by atoms with Gasteiger partial charge in [-0.25, -0.2) is 0 Å². The first-order valence-corrected chi connectivity index (χ1v) is 9.83. The molecule has 0 radical (unpaired) electrons. The van der Waals surface area contributed by atoms with E-state index < -0.39 is 0 Å². The zero-order chi connectivity index (χ0) is 18.4. The van der Waals surface area contributed by atoms with Crippen LogP contribution in [0.25, 0.3) is 0 Å². The summed E-state index contributed by atoms with van der Waals surface area (Å²) in [6.45, 7) is 5.34. The molecule has 2 aromatic carbocycles. The Labute approximate surface area is 159 Å². The quantitative estimate of drug-likeness (QED) is 0.794. The van der Waals surface area contributed by atoms with Gasteiger partial charge in [-0.2, -0.15) is 0 Å². The van der Waals surface area contributed by atoms with E-state index in [1.165, 1.54) is 0 Å². The highest BCUT2D eigenvalue weighted by molar-refractivity contribution is 8.13. The number of amides is 1. The topological polar surface area (TPSA) is 41.9 Å². The molecule has 1 aliphatic heterocycles. The van der Waals surface area contributed by atoms with E-state index >= 15 is 0 Å². The molecule has 0 bridgehead atoms. The SMILES string of the molecule is Cc1ccc(C)c(OCC(=O)N2CCCSC2=NCc2ccccc2)c1. The van der Waals surface area contributed by atoms with Gasteiger partial charge in [0.05, 0.1) is 6.54 Å². The van der Waals surface area contributed by atoms with Gasteiger partial charge in [0.2, 0.25) is 0 Å². The Bertz CT molecular complexity index is 790. The van der Waals surface area contributed by atoms with Crippen molar-refractivity contribution in [3.8, 4) is 5.75 Å². The summed E-state index contributed by atoms with van der Waals surface area (Å²) in [5, 5.41) is 0.801. The summed E-state index contributed by atoms with van der Waals surface area (Å²) >= 11 is 1.65. The number of thioether (sulfide) groups is 1. The Balaban J connectivity index is 1.65. The highest BCUT2D eigenvalue weighted by Crippen LogP contribution is 2.21. The Hall–Kier alpha value is -2.27. The van der Waals surface area contributed by atoms with Crippen molar-refractivity contribution in [3.05, 3.63) is 65.2 Å². The van der Waals surface area contributed by atoms with Crippen LogP contribution in [0.2, 0.25) is 0 Å². The third-order valence-electron chi connectivity index (χ3n) is 4.22. The minimum Gasteiger partial charge on any atom is -0.483 e. The second-order valence-electron chi connectivity index (χ2n) is 6.39. The maximum absolute atomic E-state index is 12.7. The normalized spacial score (nSPS) is 15.9. The van der Waals surface area contributed by atoms with Gasteiger partial charge in [-0.05, 0) is 43.0 Å². The summed E-state index contributed by atoms with van der Waals surface area (Å²) in [4.78, 5) is 19.1. The van der Waals surface area contributed by atoms with Crippen LogP contribution in [0.15, 0.2) is 53.5 Å². The third-order valence-corrected chi connectivity index (χ3v) is 5.32. The second-order valence-corrected chi connectivity index (χ2v) is 7.45. The number of aryl methyl sites for hydroxylation is 2. The summed E-state index contributed by atoms with van der Waals surface area (Å²) in [6.07, 6.45) is 0.976. The molecular weight excluding hydrogens is 344 g/mol. The van der Waals surface area contributed by atoms with E-state index in [4.69, 9.17) is 4.74 Å². The number of hydrogen-bond acceptors (Lipinski definition) is 4. The van der Waals surface area contributed by atoms with Crippen molar-refractivity contribution in [1.29, 1.82) is 0 Å². The summed E-state index contributed by atoms with van der Waals surface area (Å²) in [5.74, 6) is 1.73. The zero-order valence-corrected chi connectivity index (χ0v) is 16.1. The lowest BCUT2D eigenvalue weighted by Crippen LogP contribution is -2.42. The van der Waals surface area contributed by atoms with Gasteiger partial charge in [0.25, 0.3) is 5.91 Å². The number of ether oxygens (including phenoxy) is 1. The van der Waals surface area contributed by atoms with Crippen molar-refractivity contribution in [3.63, 3.8) is 0 Å². The largest absolute Gasteiger partial charge is 0.483 e. The lowest BCUT2D eigenvalue weighted by molar-refractivity contribution is -0.129. The van der Waals surface area contributed by atoms with Gasteiger partial charge in [-0.3, -0.25) is 14.7 Å². The minimum absolute atomic E-state index is 0.0369. The van der Waals surface area contributed by atoms with Crippen molar-refractivity contribution in [2.24, 2.45) is 4.99 Å².